The molecule has 0 bridgehead atoms. The molecule has 0 saturated heterocycles. The van der Waals surface area contributed by atoms with Crippen LogP contribution in [0.1, 0.15) is 18.4 Å². The fourth-order valence-corrected chi connectivity index (χ4v) is 1.35. The molecule has 2 rings (SSSR count). The van der Waals surface area contributed by atoms with E-state index in [0.29, 0.717) is 0 Å². The standard InChI is InChI=1S/C10H12N2/c1-2-4-9-8-11-7-5-10(9)12-6-3-1/h2,4-5,7-8,12H,1,3,6H2/b4-2-. The predicted octanol–water partition coefficient (Wildman–Crippen LogP) is 2.30. The maximum atomic E-state index is 4.08. The van der Waals surface area contributed by atoms with E-state index in [-0.39, 0.29) is 0 Å². The van der Waals surface area contributed by atoms with Crippen molar-refractivity contribution in [3.8, 4) is 0 Å². The molecule has 1 aliphatic heterocycles. The van der Waals surface area contributed by atoms with Crippen LogP contribution in [0, 0.1) is 0 Å². The van der Waals surface area contributed by atoms with Crippen LogP contribution < -0.4 is 5.32 Å². The zero-order valence-corrected chi connectivity index (χ0v) is 6.96. The van der Waals surface area contributed by atoms with Crippen LogP contribution in [0.25, 0.3) is 6.08 Å². The van der Waals surface area contributed by atoms with Crippen molar-refractivity contribution in [2.24, 2.45) is 0 Å². The summed E-state index contributed by atoms with van der Waals surface area (Å²) in [5.74, 6) is 0. The second kappa shape index (κ2) is 3.39. The molecule has 12 heavy (non-hydrogen) atoms. The lowest BCUT2D eigenvalue weighted by Crippen LogP contribution is -2.04. The maximum absolute atomic E-state index is 4.08. The van der Waals surface area contributed by atoms with Crippen LogP contribution in [0.4, 0.5) is 5.69 Å². The van der Waals surface area contributed by atoms with E-state index in [2.05, 4.69) is 22.5 Å². The van der Waals surface area contributed by atoms with Crippen LogP contribution in [0.2, 0.25) is 0 Å². The molecule has 2 nitrogen and oxygen atoms in total. The van der Waals surface area contributed by atoms with Crippen molar-refractivity contribution in [3.05, 3.63) is 30.1 Å². The molecule has 1 aliphatic rings. The maximum Gasteiger partial charge on any atom is 0.0444 e. The Balaban J connectivity index is 2.36. The number of anilines is 1. The van der Waals surface area contributed by atoms with Crippen molar-refractivity contribution < 1.29 is 0 Å². The molecule has 1 N–H and O–H groups in total. The van der Waals surface area contributed by atoms with Gasteiger partial charge in [-0.2, -0.15) is 0 Å². The van der Waals surface area contributed by atoms with Crippen molar-refractivity contribution in [2.45, 2.75) is 12.8 Å². The Kier molecular flexibility index (Phi) is 2.08. The number of nitrogens with one attached hydrogen (secondary N) is 1. The predicted molar refractivity (Wildman–Crippen MR) is 51.0 cm³/mol. The fourth-order valence-electron chi connectivity index (χ4n) is 1.35. The normalized spacial score (nSPS) is 18.3. The van der Waals surface area contributed by atoms with Gasteiger partial charge in [0.25, 0.3) is 0 Å². The van der Waals surface area contributed by atoms with Gasteiger partial charge >= 0.3 is 0 Å². The minimum atomic E-state index is 1.06. The highest BCUT2D eigenvalue weighted by Crippen LogP contribution is 2.17. The SMILES string of the molecule is C1=C\c2cnccc2NCCC/1. The first kappa shape index (κ1) is 7.35. The van der Waals surface area contributed by atoms with E-state index in [0.717, 1.165) is 13.0 Å². The second-order valence-corrected chi connectivity index (χ2v) is 2.93. The largest absolute Gasteiger partial charge is 0.384 e. The van der Waals surface area contributed by atoms with Crippen LogP contribution >= 0.6 is 0 Å². The van der Waals surface area contributed by atoms with Gasteiger partial charge in [-0.05, 0) is 18.9 Å². The Hall–Kier alpha value is -1.31. The van der Waals surface area contributed by atoms with Gasteiger partial charge in [-0.15, -0.1) is 0 Å². The Morgan fingerprint density at radius 1 is 1.42 bits per heavy atom. The van der Waals surface area contributed by atoms with Crippen LogP contribution in [-0.2, 0) is 0 Å². The first-order valence-electron chi connectivity index (χ1n) is 4.31. The summed E-state index contributed by atoms with van der Waals surface area (Å²) in [4.78, 5) is 4.08. The summed E-state index contributed by atoms with van der Waals surface area (Å²) in [5, 5.41) is 3.37. The van der Waals surface area contributed by atoms with Gasteiger partial charge in [0.1, 0.15) is 0 Å². The molecule has 2 heterocycles. The van der Waals surface area contributed by atoms with Crippen molar-refractivity contribution in [2.75, 3.05) is 11.9 Å². The highest BCUT2D eigenvalue weighted by molar-refractivity contribution is 5.65. The molecular formula is C10H12N2. The minimum absolute atomic E-state index is 1.06. The third-order valence-corrected chi connectivity index (χ3v) is 2.01. The number of fused-ring (bicyclic) bond motifs is 1. The number of allylic oxidation sites excluding steroid dienone is 1. The van der Waals surface area contributed by atoms with E-state index in [1.807, 2.05) is 18.5 Å². The highest BCUT2D eigenvalue weighted by atomic mass is 14.9. The van der Waals surface area contributed by atoms with Gasteiger partial charge in [0, 0.05) is 30.2 Å². The topological polar surface area (TPSA) is 24.9 Å². The molecule has 0 fully saturated rings. The molecule has 0 aromatic carbocycles. The summed E-state index contributed by atoms with van der Waals surface area (Å²) in [6.07, 6.45) is 10.4. The highest BCUT2D eigenvalue weighted by Gasteiger charge is 1.99. The molecule has 0 amide bonds. The van der Waals surface area contributed by atoms with Gasteiger partial charge in [-0.1, -0.05) is 12.2 Å². The molecule has 0 radical (unpaired) electrons. The summed E-state index contributed by atoms with van der Waals surface area (Å²) in [5.41, 5.74) is 2.39. The van der Waals surface area contributed by atoms with E-state index in [4.69, 9.17) is 0 Å². The average molecular weight is 160 g/mol. The van der Waals surface area contributed by atoms with E-state index in [9.17, 15) is 0 Å². The minimum Gasteiger partial charge on any atom is -0.384 e. The third kappa shape index (κ3) is 1.47. The lowest BCUT2D eigenvalue weighted by atomic mass is 10.1. The van der Waals surface area contributed by atoms with Gasteiger partial charge in [0.15, 0.2) is 0 Å². The average Bonchev–Trinajstić information content (AvgIpc) is 2.06. The number of nitrogens with zero attached hydrogens (tertiary/aromatic N) is 1. The second-order valence-electron chi connectivity index (χ2n) is 2.93. The molecular weight excluding hydrogens is 148 g/mol. The molecule has 0 unspecified atom stereocenters. The first-order chi connectivity index (χ1) is 5.97. The van der Waals surface area contributed by atoms with Crippen molar-refractivity contribution in [1.82, 2.24) is 4.98 Å². The van der Waals surface area contributed by atoms with Crippen molar-refractivity contribution >= 4 is 11.8 Å². The molecule has 1 aromatic rings. The van der Waals surface area contributed by atoms with Gasteiger partial charge in [0.2, 0.25) is 0 Å². The van der Waals surface area contributed by atoms with Crippen LogP contribution in [0.5, 0.6) is 0 Å². The third-order valence-electron chi connectivity index (χ3n) is 2.01. The quantitative estimate of drug-likeness (QED) is 0.630. The number of aromatic nitrogens is 1. The van der Waals surface area contributed by atoms with Gasteiger partial charge in [0.05, 0.1) is 0 Å². The molecule has 1 aromatic heterocycles. The summed E-state index contributed by atoms with van der Waals surface area (Å²) in [6.45, 7) is 1.06. The van der Waals surface area contributed by atoms with E-state index >= 15 is 0 Å². The van der Waals surface area contributed by atoms with Crippen LogP contribution in [0.3, 0.4) is 0 Å². The summed E-state index contributed by atoms with van der Waals surface area (Å²) >= 11 is 0. The molecule has 0 aliphatic carbocycles. The first-order valence-corrected chi connectivity index (χ1v) is 4.31. The summed E-state index contributed by atoms with van der Waals surface area (Å²) in [6, 6.07) is 2.02. The molecule has 0 atom stereocenters. The Bertz CT molecular complexity index is 292. The monoisotopic (exact) mass is 160 g/mol. The van der Waals surface area contributed by atoms with Gasteiger partial charge in [-0.25, -0.2) is 0 Å². The Labute approximate surface area is 72.3 Å². The summed E-state index contributed by atoms with van der Waals surface area (Å²) < 4.78 is 0. The Morgan fingerprint density at radius 2 is 2.42 bits per heavy atom. The van der Waals surface area contributed by atoms with Crippen LogP contribution in [0.15, 0.2) is 24.5 Å². The van der Waals surface area contributed by atoms with Crippen LogP contribution in [-0.4, -0.2) is 11.5 Å². The number of hydrogen-bond donors (Lipinski definition) is 1. The fraction of sp³-hybridized carbons (Fsp3) is 0.300. The van der Waals surface area contributed by atoms with Gasteiger partial charge < -0.3 is 5.32 Å². The zero-order chi connectivity index (χ0) is 8.23. The van der Waals surface area contributed by atoms with Gasteiger partial charge in [-0.3, -0.25) is 4.98 Å². The van der Waals surface area contributed by atoms with E-state index in [1.54, 1.807) is 0 Å². The lowest BCUT2D eigenvalue weighted by Gasteiger charge is -2.10. The Morgan fingerprint density at radius 3 is 3.42 bits per heavy atom. The smallest absolute Gasteiger partial charge is 0.0444 e. The summed E-state index contributed by atoms with van der Waals surface area (Å²) in [7, 11) is 0. The zero-order valence-electron chi connectivity index (χ0n) is 6.96. The molecule has 0 spiro atoms. The molecule has 2 heteroatoms. The van der Waals surface area contributed by atoms with E-state index in [1.165, 1.54) is 17.7 Å². The lowest BCUT2D eigenvalue weighted by molar-refractivity contribution is 0.887. The number of hydrogen-bond acceptors (Lipinski definition) is 2. The van der Waals surface area contributed by atoms with Crippen molar-refractivity contribution in [3.63, 3.8) is 0 Å². The van der Waals surface area contributed by atoms with E-state index < -0.39 is 0 Å². The molecule has 0 saturated carbocycles. The molecule has 62 valence electrons. The number of rotatable bonds is 0. The van der Waals surface area contributed by atoms with Crippen molar-refractivity contribution in [1.29, 1.82) is 0 Å². The number of pyridine rings is 1.